The molecule has 0 atom stereocenters. The Labute approximate surface area is 116 Å². The van der Waals surface area contributed by atoms with Crippen LogP contribution < -0.4 is 9.47 Å². The van der Waals surface area contributed by atoms with Crippen molar-refractivity contribution in [2.45, 2.75) is 18.8 Å². The Hall–Kier alpha value is -2.24. The number of methoxy groups -OCH3 is 2. The van der Waals surface area contributed by atoms with Crippen LogP contribution in [0.5, 0.6) is 11.5 Å². The molecule has 0 N–H and O–H groups in total. The third kappa shape index (κ3) is 3.20. The van der Waals surface area contributed by atoms with Gasteiger partial charge in [0.25, 0.3) is 0 Å². The lowest BCUT2D eigenvalue weighted by molar-refractivity contribution is -0.143. The van der Waals surface area contributed by atoms with E-state index in [0.29, 0.717) is 11.5 Å². The van der Waals surface area contributed by atoms with E-state index in [2.05, 4.69) is 9.47 Å². The molecule has 108 valence electrons. The first-order valence-electron chi connectivity index (χ1n) is 6.17. The molecule has 1 aliphatic heterocycles. The highest BCUT2D eigenvalue weighted by molar-refractivity contribution is 5.74. The Morgan fingerprint density at radius 2 is 1.70 bits per heavy atom. The Kier molecular flexibility index (Phi) is 4.45. The predicted octanol–water partition coefficient (Wildman–Crippen LogP) is 1.63. The fourth-order valence-corrected chi connectivity index (χ4v) is 2.04. The summed E-state index contributed by atoms with van der Waals surface area (Å²) in [5.41, 5.74) is 0.810. The molecule has 1 aliphatic rings. The summed E-state index contributed by atoms with van der Waals surface area (Å²) < 4.78 is 19.9. The molecular weight excluding hydrogens is 264 g/mol. The van der Waals surface area contributed by atoms with Crippen molar-refractivity contribution < 1.29 is 28.5 Å². The minimum absolute atomic E-state index is 0.102. The lowest BCUT2D eigenvalue weighted by Crippen LogP contribution is -2.14. The number of carbonyl (C=O) groups is 2. The molecule has 0 fully saturated rings. The smallest absolute Gasteiger partial charge is 0.306 e. The van der Waals surface area contributed by atoms with Crippen LogP contribution >= 0.6 is 0 Å². The Morgan fingerprint density at radius 3 is 2.30 bits per heavy atom. The molecule has 0 saturated carbocycles. The van der Waals surface area contributed by atoms with Gasteiger partial charge in [0.2, 0.25) is 6.79 Å². The average Bonchev–Trinajstić information content (AvgIpc) is 2.93. The average molecular weight is 280 g/mol. The highest BCUT2D eigenvalue weighted by Crippen LogP contribution is 2.36. The van der Waals surface area contributed by atoms with Gasteiger partial charge in [0, 0.05) is 5.92 Å². The van der Waals surface area contributed by atoms with Crippen LogP contribution in [0.3, 0.4) is 0 Å². The Morgan fingerprint density at radius 1 is 1.10 bits per heavy atom. The van der Waals surface area contributed by atoms with Crippen LogP contribution in [0.4, 0.5) is 0 Å². The molecule has 0 spiro atoms. The summed E-state index contributed by atoms with van der Waals surface area (Å²) in [5.74, 6) is 0.198. The number of hydrogen-bond acceptors (Lipinski definition) is 6. The van der Waals surface area contributed by atoms with Crippen LogP contribution in [0.2, 0.25) is 0 Å². The van der Waals surface area contributed by atoms with E-state index in [0.717, 1.165) is 5.56 Å². The lowest BCUT2D eigenvalue weighted by atomic mass is 9.92. The first kappa shape index (κ1) is 14.2. The third-order valence-corrected chi connectivity index (χ3v) is 3.15. The summed E-state index contributed by atoms with van der Waals surface area (Å²) in [5, 5.41) is 0. The topological polar surface area (TPSA) is 71.1 Å². The molecule has 0 radical (unpaired) electrons. The van der Waals surface area contributed by atoms with Gasteiger partial charge in [-0.15, -0.1) is 0 Å². The quantitative estimate of drug-likeness (QED) is 0.763. The van der Waals surface area contributed by atoms with E-state index in [4.69, 9.17) is 9.47 Å². The van der Waals surface area contributed by atoms with E-state index >= 15 is 0 Å². The summed E-state index contributed by atoms with van der Waals surface area (Å²) in [6.45, 7) is 0.178. The normalized spacial score (nSPS) is 12.3. The van der Waals surface area contributed by atoms with Crippen LogP contribution in [0.1, 0.15) is 24.3 Å². The van der Waals surface area contributed by atoms with Crippen LogP contribution in [-0.4, -0.2) is 33.0 Å². The van der Waals surface area contributed by atoms with Gasteiger partial charge >= 0.3 is 11.9 Å². The summed E-state index contributed by atoms with van der Waals surface area (Å²) >= 11 is 0. The largest absolute Gasteiger partial charge is 0.469 e. The van der Waals surface area contributed by atoms with Crippen LogP contribution in [-0.2, 0) is 19.1 Å². The molecule has 0 aromatic heterocycles. The first-order chi connectivity index (χ1) is 9.63. The molecule has 0 aliphatic carbocycles. The van der Waals surface area contributed by atoms with E-state index in [1.165, 1.54) is 14.2 Å². The summed E-state index contributed by atoms with van der Waals surface area (Å²) in [6.07, 6.45) is 0.205. The Balaban J connectivity index is 2.20. The lowest BCUT2D eigenvalue weighted by Gasteiger charge is -2.15. The van der Waals surface area contributed by atoms with Crippen molar-refractivity contribution in [1.29, 1.82) is 0 Å². The minimum atomic E-state index is -0.378. The van der Waals surface area contributed by atoms with Gasteiger partial charge in [-0.3, -0.25) is 9.59 Å². The number of carbonyl (C=O) groups excluding carboxylic acids is 2. The molecule has 20 heavy (non-hydrogen) atoms. The van der Waals surface area contributed by atoms with Crippen molar-refractivity contribution >= 4 is 11.9 Å². The fourth-order valence-electron chi connectivity index (χ4n) is 2.04. The van der Waals surface area contributed by atoms with Crippen molar-refractivity contribution in [3.63, 3.8) is 0 Å². The summed E-state index contributed by atoms with van der Waals surface area (Å²) in [4.78, 5) is 22.9. The second-order valence-corrected chi connectivity index (χ2v) is 4.37. The number of rotatable bonds is 5. The van der Waals surface area contributed by atoms with Crippen molar-refractivity contribution in [3.05, 3.63) is 23.8 Å². The van der Waals surface area contributed by atoms with E-state index in [-0.39, 0.29) is 37.5 Å². The second kappa shape index (κ2) is 6.27. The zero-order valence-corrected chi connectivity index (χ0v) is 11.4. The molecule has 1 heterocycles. The van der Waals surface area contributed by atoms with E-state index in [1.807, 2.05) is 6.07 Å². The predicted molar refractivity (Wildman–Crippen MR) is 68.6 cm³/mol. The van der Waals surface area contributed by atoms with Crippen molar-refractivity contribution in [3.8, 4) is 11.5 Å². The van der Waals surface area contributed by atoms with E-state index in [9.17, 15) is 9.59 Å². The van der Waals surface area contributed by atoms with Gasteiger partial charge in [0.1, 0.15) is 0 Å². The molecule has 0 saturated heterocycles. The fraction of sp³-hybridized carbons (Fsp3) is 0.429. The Bertz CT molecular complexity index is 492. The van der Waals surface area contributed by atoms with Gasteiger partial charge in [-0.05, 0) is 17.7 Å². The number of ether oxygens (including phenoxy) is 4. The van der Waals surface area contributed by atoms with Crippen molar-refractivity contribution in [2.24, 2.45) is 0 Å². The van der Waals surface area contributed by atoms with Gasteiger partial charge in [-0.2, -0.15) is 0 Å². The third-order valence-electron chi connectivity index (χ3n) is 3.15. The van der Waals surface area contributed by atoms with Gasteiger partial charge in [0.05, 0.1) is 27.1 Å². The van der Waals surface area contributed by atoms with Crippen molar-refractivity contribution in [2.75, 3.05) is 21.0 Å². The highest BCUT2D eigenvalue weighted by atomic mass is 16.7. The molecular formula is C14H16O6. The maximum absolute atomic E-state index is 11.5. The van der Waals surface area contributed by atoms with E-state index in [1.54, 1.807) is 12.1 Å². The maximum Gasteiger partial charge on any atom is 0.306 e. The molecule has 1 aromatic carbocycles. The molecule has 0 bridgehead atoms. The zero-order chi connectivity index (χ0) is 14.5. The van der Waals surface area contributed by atoms with Gasteiger partial charge in [0.15, 0.2) is 11.5 Å². The highest BCUT2D eigenvalue weighted by Gasteiger charge is 2.23. The SMILES string of the molecule is COC(=O)CC(CC(=O)OC)c1ccc2c(c1)OCO2. The number of fused-ring (bicyclic) bond motifs is 1. The number of benzene rings is 1. The van der Waals surface area contributed by atoms with Crippen molar-refractivity contribution in [1.82, 2.24) is 0 Å². The molecule has 6 nitrogen and oxygen atoms in total. The molecule has 1 aromatic rings. The van der Waals surface area contributed by atoms with Crippen LogP contribution in [0, 0.1) is 0 Å². The zero-order valence-electron chi connectivity index (χ0n) is 11.4. The van der Waals surface area contributed by atoms with E-state index < -0.39 is 0 Å². The van der Waals surface area contributed by atoms with Gasteiger partial charge < -0.3 is 18.9 Å². The number of esters is 2. The summed E-state index contributed by atoms with van der Waals surface area (Å²) in [6, 6.07) is 5.35. The minimum Gasteiger partial charge on any atom is -0.469 e. The van der Waals surface area contributed by atoms with Gasteiger partial charge in [-0.25, -0.2) is 0 Å². The maximum atomic E-state index is 11.5. The van der Waals surface area contributed by atoms with Gasteiger partial charge in [-0.1, -0.05) is 6.07 Å². The standard InChI is InChI=1S/C14H16O6/c1-17-13(15)6-10(7-14(16)18-2)9-3-4-11-12(5-9)20-8-19-11/h3-5,10H,6-8H2,1-2H3. The van der Waals surface area contributed by atoms with Crippen LogP contribution in [0.25, 0.3) is 0 Å². The first-order valence-corrected chi connectivity index (χ1v) is 6.17. The molecule has 0 unspecified atom stereocenters. The molecule has 2 rings (SSSR count). The number of hydrogen-bond donors (Lipinski definition) is 0. The summed E-state index contributed by atoms with van der Waals surface area (Å²) in [7, 11) is 2.63. The van der Waals surface area contributed by atoms with Crippen LogP contribution in [0.15, 0.2) is 18.2 Å². The second-order valence-electron chi connectivity index (χ2n) is 4.37. The monoisotopic (exact) mass is 280 g/mol. The molecule has 0 amide bonds. The molecule has 6 heteroatoms.